The standard InChI is InChI=1S/C21H20FN7O2/c1-12-9-13(2)28(26-12)19-8-5-15(11-24-19)25-21(31)17-10-18(20(23)30)29(27-17)16-6-3-14(22)4-7-16/h3-9,11,18H,10H2,1-2H3,(H2,23,30)(H,25,31). The van der Waals surface area contributed by atoms with Gasteiger partial charge in [-0.2, -0.15) is 10.2 Å². The molecule has 3 N–H and O–H groups in total. The molecule has 0 aliphatic carbocycles. The molecule has 1 aromatic carbocycles. The Labute approximate surface area is 177 Å². The number of primary amides is 1. The van der Waals surface area contributed by atoms with Crippen LogP contribution < -0.4 is 16.1 Å². The number of carbonyl (C=O) groups is 2. The Kier molecular flexibility index (Phi) is 5.20. The molecular weight excluding hydrogens is 401 g/mol. The molecule has 0 bridgehead atoms. The number of pyridine rings is 1. The monoisotopic (exact) mass is 421 g/mol. The number of nitrogens with one attached hydrogen (secondary N) is 1. The summed E-state index contributed by atoms with van der Waals surface area (Å²) in [4.78, 5) is 28.9. The molecule has 31 heavy (non-hydrogen) atoms. The van der Waals surface area contributed by atoms with Crippen molar-refractivity contribution in [2.45, 2.75) is 26.3 Å². The van der Waals surface area contributed by atoms with Crippen LogP contribution in [0.15, 0.2) is 53.8 Å². The minimum atomic E-state index is -0.835. The molecule has 0 spiro atoms. The molecule has 1 unspecified atom stereocenters. The van der Waals surface area contributed by atoms with Crippen molar-refractivity contribution < 1.29 is 14.0 Å². The van der Waals surface area contributed by atoms with E-state index in [1.807, 2.05) is 19.9 Å². The van der Waals surface area contributed by atoms with Gasteiger partial charge in [0.15, 0.2) is 5.82 Å². The molecule has 3 heterocycles. The van der Waals surface area contributed by atoms with E-state index in [2.05, 4.69) is 20.5 Å². The highest BCUT2D eigenvalue weighted by Crippen LogP contribution is 2.25. The Morgan fingerprint density at radius 2 is 1.90 bits per heavy atom. The van der Waals surface area contributed by atoms with Gasteiger partial charge in [0.2, 0.25) is 5.91 Å². The van der Waals surface area contributed by atoms with E-state index in [0.29, 0.717) is 17.2 Å². The number of hydrazone groups is 1. The van der Waals surface area contributed by atoms with Gasteiger partial charge in [-0.3, -0.25) is 14.6 Å². The average Bonchev–Trinajstić information content (AvgIpc) is 3.33. The highest BCUT2D eigenvalue weighted by molar-refractivity contribution is 6.44. The number of halogens is 1. The van der Waals surface area contributed by atoms with Crippen LogP contribution in [0.3, 0.4) is 0 Å². The van der Waals surface area contributed by atoms with E-state index in [1.54, 1.807) is 16.8 Å². The average molecular weight is 421 g/mol. The summed E-state index contributed by atoms with van der Waals surface area (Å²) in [7, 11) is 0. The highest BCUT2D eigenvalue weighted by atomic mass is 19.1. The van der Waals surface area contributed by atoms with E-state index >= 15 is 0 Å². The van der Waals surface area contributed by atoms with Crippen LogP contribution in [0, 0.1) is 19.7 Å². The maximum atomic E-state index is 13.2. The molecule has 0 saturated heterocycles. The van der Waals surface area contributed by atoms with Crippen molar-refractivity contribution in [2.24, 2.45) is 10.8 Å². The summed E-state index contributed by atoms with van der Waals surface area (Å²) in [5.74, 6) is -0.904. The van der Waals surface area contributed by atoms with Crippen molar-refractivity contribution in [1.29, 1.82) is 0 Å². The third kappa shape index (κ3) is 4.13. The first-order valence-electron chi connectivity index (χ1n) is 9.54. The van der Waals surface area contributed by atoms with Crippen molar-refractivity contribution in [3.63, 3.8) is 0 Å². The fraction of sp³-hybridized carbons (Fsp3) is 0.190. The molecule has 2 amide bonds. The summed E-state index contributed by atoms with van der Waals surface area (Å²) in [6.45, 7) is 3.83. The molecule has 0 fully saturated rings. The van der Waals surface area contributed by atoms with Crippen LogP contribution in [0.1, 0.15) is 17.8 Å². The van der Waals surface area contributed by atoms with E-state index in [0.717, 1.165) is 11.4 Å². The first-order chi connectivity index (χ1) is 14.8. The number of benzene rings is 1. The van der Waals surface area contributed by atoms with Crippen molar-refractivity contribution in [3.05, 3.63) is 65.9 Å². The summed E-state index contributed by atoms with van der Waals surface area (Å²) in [5, 5.41) is 12.7. The van der Waals surface area contributed by atoms with E-state index < -0.39 is 23.7 Å². The minimum absolute atomic E-state index is 0.0375. The Morgan fingerprint density at radius 3 is 2.48 bits per heavy atom. The maximum absolute atomic E-state index is 13.2. The summed E-state index contributed by atoms with van der Waals surface area (Å²) in [6.07, 6.45) is 1.55. The first-order valence-corrected chi connectivity index (χ1v) is 9.54. The third-order valence-electron chi connectivity index (χ3n) is 4.82. The van der Waals surface area contributed by atoms with Crippen molar-refractivity contribution >= 4 is 28.9 Å². The van der Waals surface area contributed by atoms with Gasteiger partial charge in [-0.25, -0.2) is 14.1 Å². The number of rotatable bonds is 5. The van der Waals surface area contributed by atoms with Gasteiger partial charge in [0.05, 0.1) is 23.3 Å². The van der Waals surface area contributed by atoms with Crippen LogP contribution in [-0.2, 0) is 9.59 Å². The van der Waals surface area contributed by atoms with E-state index in [4.69, 9.17) is 5.73 Å². The molecule has 2 aromatic heterocycles. The lowest BCUT2D eigenvalue weighted by molar-refractivity contribution is -0.119. The van der Waals surface area contributed by atoms with E-state index in [1.165, 1.54) is 35.5 Å². The molecule has 1 aliphatic rings. The van der Waals surface area contributed by atoms with E-state index in [-0.39, 0.29) is 12.1 Å². The number of aryl methyl sites for hydroxylation is 2. The quantitative estimate of drug-likeness (QED) is 0.654. The lowest BCUT2D eigenvalue weighted by Gasteiger charge is -2.20. The smallest absolute Gasteiger partial charge is 0.272 e. The summed E-state index contributed by atoms with van der Waals surface area (Å²) < 4.78 is 14.9. The number of amides is 2. The maximum Gasteiger partial charge on any atom is 0.272 e. The second kappa shape index (κ2) is 7.98. The first kappa shape index (κ1) is 20.2. The third-order valence-corrected chi connectivity index (χ3v) is 4.82. The second-order valence-corrected chi connectivity index (χ2v) is 7.19. The van der Waals surface area contributed by atoms with Gasteiger partial charge in [-0.15, -0.1) is 0 Å². The summed E-state index contributed by atoms with van der Waals surface area (Å²) in [5.41, 5.74) is 8.37. The van der Waals surface area contributed by atoms with Gasteiger partial charge in [-0.05, 0) is 56.3 Å². The highest BCUT2D eigenvalue weighted by Gasteiger charge is 2.35. The van der Waals surface area contributed by atoms with Gasteiger partial charge >= 0.3 is 0 Å². The predicted molar refractivity (Wildman–Crippen MR) is 113 cm³/mol. The molecule has 0 saturated carbocycles. The fourth-order valence-corrected chi connectivity index (χ4v) is 3.35. The summed E-state index contributed by atoms with van der Waals surface area (Å²) in [6, 6.07) is 9.98. The zero-order valence-electron chi connectivity index (χ0n) is 16.9. The Morgan fingerprint density at radius 1 is 1.16 bits per heavy atom. The van der Waals surface area contributed by atoms with Crippen LogP contribution in [-0.4, -0.2) is 38.3 Å². The Balaban J connectivity index is 1.51. The number of carbonyl (C=O) groups excluding carboxylic acids is 2. The number of nitrogens with zero attached hydrogens (tertiary/aromatic N) is 5. The molecule has 10 heteroatoms. The van der Waals surface area contributed by atoms with E-state index in [9.17, 15) is 14.0 Å². The van der Waals surface area contributed by atoms with Crippen molar-refractivity contribution in [2.75, 3.05) is 10.3 Å². The number of hydrogen-bond donors (Lipinski definition) is 2. The molecule has 3 aromatic rings. The minimum Gasteiger partial charge on any atom is -0.368 e. The molecule has 158 valence electrons. The van der Waals surface area contributed by atoms with Crippen molar-refractivity contribution in [1.82, 2.24) is 14.8 Å². The topological polar surface area (TPSA) is 118 Å². The van der Waals surface area contributed by atoms with Gasteiger partial charge < -0.3 is 11.1 Å². The van der Waals surface area contributed by atoms with Gasteiger partial charge in [0.25, 0.3) is 5.91 Å². The zero-order valence-corrected chi connectivity index (χ0v) is 16.9. The van der Waals surface area contributed by atoms with Crippen LogP contribution in [0.4, 0.5) is 15.8 Å². The number of aromatic nitrogens is 3. The lowest BCUT2D eigenvalue weighted by atomic mass is 10.1. The van der Waals surface area contributed by atoms with Gasteiger partial charge in [-0.1, -0.05) is 0 Å². The number of hydrogen-bond acceptors (Lipinski definition) is 6. The largest absolute Gasteiger partial charge is 0.368 e. The fourth-order valence-electron chi connectivity index (χ4n) is 3.35. The molecule has 0 radical (unpaired) electrons. The van der Waals surface area contributed by atoms with Gasteiger partial charge in [0, 0.05) is 12.1 Å². The molecule has 1 aliphatic heterocycles. The Bertz CT molecular complexity index is 1170. The normalized spacial score (nSPS) is 15.6. The Hall–Kier alpha value is -4.08. The van der Waals surface area contributed by atoms with Crippen LogP contribution in [0.5, 0.6) is 0 Å². The molecule has 9 nitrogen and oxygen atoms in total. The van der Waals surface area contributed by atoms with Gasteiger partial charge in [0.1, 0.15) is 17.6 Å². The zero-order chi connectivity index (χ0) is 22.1. The SMILES string of the molecule is Cc1cc(C)n(-c2ccc(NC(=O)C3=NN(c4ccc(F)cc4)C(C(N)=O)C3)cn2)n1. The van der Waals surface area contributed by atoms with Crippen LogP contribution >= 0.6 is 0 Å². The molecule has 4 rings (SSSR count). The number of anilines is 2. The predicted octanol–water partition coefficient (Wildman–Crippen LogP) is 2.08. The number of nitrogens with two attached hydrogens (primary N) is 1. The molecular formula is C21H20FN7O2. The van der Waals surface area contributed by atoms with Crippen LogP contribution in [0.25, 0.3) is 5.82 Å². The van der Waals surface area contributed by atoms with Crippen LogP contribution in [0.2, 0.25) is 0 Å². The lowest BCUT2D eigenvalue weighted by Crippen LogP contribution is -2.39. The molecule has 1 atom stereocenters. The van der Waals surface area contributed by atoms with Crippen molar-refractivity contribution in [3.8, 4) is 5.82 Å². The summed E-state index contributed by atoms with van der Waals surface area (Å²) >= 11 is 0. The second-order valence-electron chi connectivity index (χ2n) is 7.19.